The van der Waals surface area contributed by atoms with E-state index in [0.29, 0.717) is 6.54 Å². The second-order valence-corrected chi connectivity index (χ2v) is 5.95. The van der Waals surface area contributed by atoms with E-state index in [2.05, 4.69) is 26.9 Å². The third-order valence-corrected chi connectivity index (χ3v) is 4.25. The van der Waals surface area contributed by atoms with Crippen molar-refractivity contribution in [2.45, 2.75) is 53.1 Å². The van der Waals surface area contributed by atoms with Gasteiger partial charge in [-0.25, -0.2) is 4.98 Å². The molecule has 0 amide bonds. The first-order valence-corrected chi connectivity index (χ1v) is 7.83. The Hall–Kier alpha value is -1.95. The van der Waals surface area contributed by atoms with E-state index in [1.807, 2.05) is 13.8 Å². The lowest BCUT2D eigenvalue weighted by atomic mass is 10.1. The third-order valence-electron chi connectivity index (χ3n) is 4.25. The Morgan fingerprint density at radius 1 is 1.36 bits per heavy atom. The molecule has 0 bridgehead atoms. The molecule has 0 aliphatic carbocycles. The highest BCUT2D eigenvalue weighted by Gasteiger charge is 2.23. The van der Waals surface area contributed by atoms with E-state index in [9.17, 15) is 4.79 Å². The molecular weight excluding hydrogens is 280 g/mol. The SMILES string of the molecule is CCCc1nc2c(c(=O)[nH]1)CN(Cc1c(C)noc1C)CC2. The number of fused-ring (bicyclic) bond motifs is 1. The normalized spacial score (nSPS) is 15.0. The van der Waals surface area contributed by atoms with Crippen LogP contribution in [0.15, 0.2) is 9.32 Å². The summed E-state index contributed by atoms with van der Waals surface area (Å²) in [5.74, 6) is 1.67. The van der Waals surface area contributed by atoms with Crippen molar-refractivity contribution < 1.29 is 4.52 Å². The van der Waals surface area contributed by atoms with Crippen molar-refractivity contribution in [2.24, 2.45) is 0 Å². The zero-order valence-corrected chi connectivity index (χ0v) is 13.4. The van der Waals surface area contributed by atoms with Gasteiger partial charge >= 0.3 is 0 Å². The van der Waals surface area contributed by atoms with Crippen LogP contribution in [0, 0.1) is 13.8 Å². The van der Waals surface area contributed by atoms with Crippen LogP contribution in [-0.2, 0) is 25.9 Å². The Balaban J connectivity index is 1.81. The Morgan fingerprint density at radius 3 is 2.86 bits per heavy atom. The van der Waals surface area contributed by atoms with Crippen LogP contribution in [0.2, 0.25) is 0 Å². The maximum Gasteiger partial charge on any atom is 0.255 e. The van der Waals surface area contributed by atoms with Crippen molar-refractivity contribution in [3.8, 4) is 0 Å². The molecule has 2 aromatic rings. The Labute approximate surface area is 129 Å². The minimum atomic E-state index is 0.0110. The van der Waals surface area contributed by atoms with Gasteiger partial charge in [0.1, 0.15) is 11.6 Å². The molecule has 0 saturated heterocycles. The van der Waals surface area contributed by atoms with Gasteiger partial charge in [-0.05, 0) is 20.3 Å². The number of hydrogen-bond acceptors (Lipinski definition) is 5. The summed E-state index contributed by atoms with van der Waals surface area (Å²) in [4.78, 5) is 22.1. The maximum absolute atomic E-state index is 12.3. The Kier molecular flexibility index (Phi) is 4.11. The van der Waals surface area contributed by atoms with Gasteiger partial charge in [-0.15, -0.1) is 0 Å². The molecule has 118 valence electrons. The van der Waals surface area contributed by atoms with Gasteiger partial charge in [-0.2, -0.15) is 0 Å². The second-order valence-electron chi connectivity index (χ2n) is 5.95. The lowest BCUT2D eigenvalue weighted by molar-refractivity contribution is 0.239. The number of aryl methyl sites for hydroxylation is 3. The number of nitrogens with zero attached hydrogens (tertiary/aromatic N) is 3. The fraction of sp³-hybridized carbons (Fsp3) is 0.562. The molecule has 2 aromatic heterocycles. The average molecular weight is 302 g/mol. The van der Waals surface area contributed by atoms with E-state index < -0.39 is 0 Å². The van der Waals surface area contributed by atoms with Crippen LogP contribution >= 0.6 is 0 Å². The smallest absolute Gasteiger partial charge is 0.255 e. The molecule has 0 spiro atoms. The maximum atomic E-state index is 12.3. The van der Waals surface area contributed by atoms with Gasteiger partial charge in [0.15, 0.2) is 0 Å². The molecule has 0 radical (unpaired) electrons. The molecule has 0 atom stereocenters. The second kappa shape index (κ2) is 6.04. The van der Waals surface area contributed by atoms with E-state index in [0.717, 1.165) is 66.5 Å². The van der Waals surface area contributed by atoms with Crippen molar-refractivity contribution in [3.63, 3.8) is 0 Å². The van der Waals surface area contributed by atoms with Gasteiger partial charge in [-0.1, -0.05) is 12.1 Å². The highest BCUT2D eigenvalue weighted by Crippen LogP contribution is 2.20. The van der Waals surface area contributed by atoms with Crippen LogP contribution in [0.4, 0.5) is 0 Å². The molecule has 0 fully saturated rings. The van der Waals surface area contributed by atoms with Crippen molar-refractivity contribution in [1.82, 2.24) is 20.0 Å². The molecule has 22 heavy (non-hydrogen) atoms. The molecule has 3 rings (SSSR count). The van der Waals surface area contributed by atoms with Gasteiger partial charge in [-0.3, -0.25) is 9.69 Å². The van der Waals surface area contributed by atoms with Gasteiger partial charge < -0.3 is 9.51 Å². The molecule has 1 N–H and O–H groups in total. The van der Waals surface area contributed by atoms with Gasteiger partial charge in [0, 0.05) is 38.0 Å². The lowest BCUT2D eigenvalue weighted by Crippen LogP contribution is -2.36. The number of rotatable bonds is 4. The monoisotopic (exact) mass is 302 g/mol. The standard InChI is InChI=1S/C16H22N4O2/c1-4-5-15-17-14-6-7-20(9-13(14)16(21)18-15)8-12-10(2)19-22-11(12)3/h4-9H2,1-3H3,(H,17,18,21). The predicted molar refractivity (Wildman–Crippen MR) is 82.6 cm³/mol. The molecule has 6 nitrogen and oxygen atoms in total. The Bertz CT molecular complexity index is 713. The van der Waals surface area contributed by atoms with E-state index in [-0.39, 0.29) is 5.56 Å². The highest BCUT2D eigenvalue weighted by molar-refractivity contribution is 5.24. The van der Waals surface area contributed by atoms with E-state index >= 15 is 0 Å². The number of aromatic amines is 1. The first-order chi connectivity index (χ1) is 10.6. The summed E-state index contributed by atoms with van der Waals surface area (Å²) in [5.41, 5.74) is 3.82. The number of hydrogen-bond donors (Lipinski definition) is 1. The lowest BCUT2D eigenvalue weighted by Gasteiger charge is -2.27. The fourth-order valence-electron chi connectivity index (χ4n) is 2.97. The third kappa shape index (κ3) is 2.83. The molecule has 1 aliphatic rings. The Morgan fingerprint density at radius 2 is 2.18 bits per heavy atom. The fourth-order valence-corrected chi connectivity index (χ4v) is 2.97. The van der Waals surface area contributed by atoms with Crippen LogP contribution in [0.5, 0.6) is 0 Å². The van der Waals surface area contributed by atoms with Crippen LogP contribution in [0.3, 0.4) is 0 Å². The van der Waals surface area contributed by atoms with E-state index in [1.165, 1.54) is 0 Å². The average Bonchev–Trinajstić information content (AvgIpc) is 2.80. The number of nitrogens with one attached hydrogen (secondary N) is 1. The molecule has 0 unspecified atom stereocenters. The van der Waals surface area contributed by atoms with Gasteiger partial charge in [0.25, 0.3) is 5.56 Å². The van der Waals surface area contributed by atoms with Crippen molar-refractivity contribution in [1.29, 1.82) is 0 Å². The summed E-state index contributed by atoms with van der Waals surface area (Å²) in [6.45, 7) is 8.27. The van der Waals surface area contributed by atoms with Crippen LogP contribution < -0.4 is 5.56 Å². The summed E-state index contributed by atoms with van der Waals surface area (Å²) in [7, 11) is 0. The molecule has 0 saturated carbocycles. The first-order valence-electron chi connectivity index (χ1n) is 7.83. The van der Waals surface area contributed by atoms with Crippen LogP contribution in [0.1, 0.15) is 47.4 Å². The quantitative estimate of drug-likeness (QED) is 0.933. The van der Waals surface area contributed by atoms with Gasteiger partial charge in [0.05, 0.1) is 17.0 Å². The van der Waals surface area contributed by atoms with Crippen molar-refractivity contribution >= 4 is 0 Å². The molecule has 6 heteroatoms. The summed E-state index contributed by atoms with van der Waals surface area (Å²) >= 11 is 0. The molecule has 3 heterocycles. The number of aromatic nitrogens is 3. The minimum Gasteiger partial charge on any atom is -0.361 e. The summed E-state index contributed by atoms with van der Waals surface area (Å²) < 4.78 is 5.22. The van der Waals surface area contributed by atoms with E-state index in [1.54, 1.807) is 0 Å². The first kappa shape index (κ1) is 15.0. The van der Waals surface area contributed by atoms with Crippen LogP contribution in [0.25, 0.3) is 0 Å². The zero-order chi connectivity index (χ0) is 15.7. The molecule has 0 aromatic carbocycles. The van der Waals surface area contributed by atoms with Crippen LogP contribution in [-0.4, -0.2) is 26.6 Å². The summed E-state index contributed by atoms with van der Waals surface area (Å²) in [6.07, 6.45) is 2.63. The van der Waals surface area contributed by atoms with Crippen molar-refractivity contribution in [3.05, 3.63) is 44.5 Å². The molecule has 1 aliphatic heterocycles. The highest BCUT2D eigenvalue weighted by atomic mass is 16.5. The van der Waals surface area contributed by atoms with E-state index in [4.69, 9.17) is 4.52 Å². The summed E-state index contributed by atoms with van der Waals surface area (Å²) in [6, 6.07) is 0. The molecular formula is C16H22N4O2. The summed E-state index contributed by atoms with van der Waals surface area (Å²) in [5, 5.41) is 3.99. The van der Waals surface area contributed by atoms with Crippen molar-refractivity contribution in [2.75, 3.05) is 6.54 Å². The predicted octanol–water partition coefficient (Wildman–Crippen LogP) is 1.89. The van der Waals surface area contributed by atoms with Gasteiger partial charge in [0.2, 0.25) is 0 Å². The largest absolute Gasteiger partial charge is 0.361 e. The number of H-pyrrole nitrogens is 1. The minimum absolute atomic E-state index is 0.0110. The topological polar surface area (TPSA) is 75.0 Å². The zero-order valence-electron chi connectivity index (χ0n) is 13.4.